The number of nitrogens with zero attached hydrogens (tertiary/aromatic N) is 1. The van der Waals surface area contributed by atoms with Crippen LogP contribution in [0.3, 0.4) is 0 Å². The van der Waals surface area contributed by atoms with E-state index >= 15 is 0 Å². The number of methoxy groups -OCH3 is 1. The largest absolute Gasteiger partial charge is 0.496 e. The summed E-state index contributed by atoms with van der Waals surface area (Å²) in [4.78, 5) is 14.2. The lowest BCUT2D eigenvalue weighted by Crippen LogP contribution is -2.26. The molecule has 0 bridgehead atoms. The lowest BCUT2D eigenvalue weighted by atomic mass is 10.1. The van der Waals surface area contributed by atoms with E-state index in [1.54, 1.807) is 19.1 Å². The molecule has 2 aromatic rings. The van der Waals surface area contributed by atoms with Crippen molar-refractivity contribution in [2.24, 2.45) is 0 Å². The van der Waals surface area contributed by atoms with Gasteiger partial charge in [-0.3, -0.25) is 4.79 Å². The van der Waals surface area contributed by atoms with Crippen LogP contribution in [-0.2, 0) is 6.54 Å². The fourth-order valence-corrected chi connectivity index (χ4v) is 2.41. The van der Waals surface area contributed by atoms with Gasteiger partial charge in [0.2, 0.25) is 0 Å². The number of rotatable bonds is 4. The molecule has 0 aliphatic carbocycles. The maximum Gasteiger partial charge on any atom is 0.253 e. The van der Waals surface area contributed by atoms with E-state index in [1.165, 1.54) is 0 Å². The van der Waals surface area contributed by atoms with Crippen LogP contribution in [0.25, 0.3) is 0 Å². The third-order valence-corrected chi connectivity index (χ3v) is 4.24. The third kappa shape index (κ3) is 3.64. The van der Waals surface area contributed by atoms with Crippen LogP contribution in [0.5, 0.6) is 5.75 Å². The van der Waals surface area contributed by atoms with Gasteiger partial charge in [0.05, 0.1) is 7.11 Å². The van der Waals surface area contributed by atoms with E-state index in [9.17, 15) is 4.79 Å². The Bertz CT molecular complexity index is 655. The molecule has 0 aromatic heterocycles. The van der Waals surface area contributed by atoms with Gasteiger partial charge in [-0.15, -0.1) is 0 Å². The molecule has 2 aromatic carbocycles. The average Bonchev–Trinajstić information content (AvgIpc) is 2.49. The van der Waals surface area contributed by atoms with Crippen molar-refractivity contribution in [2.75, 3.05) is 14.2 Å². The van der Waals surface area contributed by atoms with Crippen molar-refractivity contribution in [2.45, 2.75) is 13.5 Å². The number of carbonyl (C=O) groups excluding carboxylic acids is 1. The predicted molar refractivity (Wildman–Crippen MR) is 87.7 cm³/mol. The van der Waals surface area contributed by atoms with Gasteiger partial charge in [0.1, 0.15) is 5.75 Å². The van der Waals surface area contributed by atoms with Gasteiger partial charge < -0.3 is 9.64 Å². The Morgan fingerprint density at radius 3 is 2.62 bits per heavy atom. The molecular weight excluding hydrogens is 330 g/mol. The highest BCUT2D eigenvalue weighted by Crippen LogP contribution is 2.21. The third-order valence-electron chi connectivity index (χ3n) is 3.35. The molecule has 0 spiro atoms. The fourth-order valence-electron chi connectivity index (χ4n) is 2.16. The molecule has 0 atom stereocenters. The second-order valence-corrected chi connectivity index (χ2v) is 5.79. The molecular formula is C17H18BrNO2. The molecule has 1 amide bonds. The highest BCUT2D eigenvalue weighted by Gasteiger charge is 2.14. The van der Waals surface area contributed by atoms with Crippen LogP contribution in [0.1, 0.15) is 21.5 Å². The standard InChI is InChI=1S/C17H18BrNO2/c1-12-10-13(8-9-15(12)18)17(20)19(2)11-14-6-4-5-7-16(14)21-3/h4-10H,11H2,1-3H3. The van der Waals surface area contributed by atoms with Crippen LogP contribution >= 0.6 is 15.9 Å². The molecule has 0 N–H and O–H groups in total. The number of halogens is 1. The number of amides is 1. The van der Waals surface area contributed by atoms with Crippen molar-refractivity contribution in [1.29, 1.82) is 0 Å². The summed E-state index contributed by atoms with van der Waals surface area (Å²) < 4.78 is 6.33. The second kappa shape index (κ2) is 6.76. The van der Waals surface area contributed by atoms with Gasteiger partial charge in [-0.25, -0.2) is 0 Å². The predicted octanol–water partition coefficient (Wildman–Crippen LogP) is 4.04. The fraction of sp³-hybridized carbons (Fsp3) is 0.235. The van der Waals surface area contributed by atoms with Crippen LogP contribution in [0, 0.1) is 6.92 Å². The molecule has 0 unspecified atom stereocenters. The Hall–Kier alpha value is -1.81. The van der Waals surface area contributed by atoms with E-state index in [-0.39, 0.29) is 5.91 Å². The van der Waals surface area contributed by atoms with Crippen LogP contribution in [-0.4, -0.2) is 25.0 Å². The Morgan fingerprint density at radius 2 is 1.95 bits per heavy atom. The van der Waals surface area contributed by atoms with Crippen molar-refractivity contribution in [3.8, 4) is 5.75 Å². The van der Waals surface area contributed by atoms with Crippen molar-refractivity contribution in [1.82, 2.24) is 4.90 Å². The van der Waals surface area contributed by atoms with Crippen molar-refractivity contribution in [3.05, 3.63) is 63.6 Å². The van der Waals surface area contributed by atoms with Crippen LogP contribution in [0.15, 0.2) is 46.9 Å². The lowest BCUT2D eigenvalue weighted by Gasteiger charge is -2.19. The first kappa shape index (κ1) is 15.6. The van der Waals surface area contributed by atoms with Crippen LogP contribution < -0.4 is 4.74 Å². The summed E-state index contributed by atoms with van der Waals surface area (Å²) in [6.07, 6.45) is 0. The summed E-state index contributed by atoms with van der Waals surface area (Å²) in [7, 11) is 3.44. The van der Waals surface area contributed by atoms with Crippen LogP contribution in [0.4, 0.5) is 0 Å². The number of ether oxygens (including phenoxy) is 1. The lowest BCUT2D eigenvalue weighted by molar-refractivity contribution is 0.0784. The van der Waals surface area contributed by atoms with E-state index < -0.39 is 0 Å². The first-order chi connectivity index (χ1) is 10.0. The van der Waals surface area contributed by atoms with Gasteiger partial charge in [-0.1, -0.05) is 34.1 Å². The van der Waals surface area contributed by atoms with Gasteiger partial charge in [0.15, 0.2) is 0 Å². The molecule has 0 saturated heterocycles. The van der Waals surface area contributed by atoms with Gasteiger partial charge >= 0.3 is 0 Å². The van der Waals surface area contributed by atoms with Crippen molar-refractivity contribution in [3.63, 3.8) is 0 Å². The number of para-hydroxylation sites is 1. The normalized spacial score (nSPS) is 10.3. The molecule has 21 heavy (non-hydrogen) atoms. The highest BCUT2D eigenvalue weighted by molar-refractivity contribution is 9.10. The topological polar surface area (TPSA) is 29.5 Å². The van der Waals surface area contributed by atoms with E-state index in [4.69, 9.17) is 4.74 Å². The molecule has 0 aliphatic heterocycles. The van der Waals surface area contributed by atoms with E-state index in [0.29, 0.717) is 12.1 Å². The summed E-state index contributed by atoms with van der Waals surface area (Å²) in [6, 6.07) is 13.4. The zero-order valence-corrected chi connectivity index (χ0v) is 14.0. The molecule has 2 rings (SSSR count). The zero-order chi connectivity index (χ0) is 15.4. The minimum absolute atomic E-state index is 0.00324. The highest BCUT2D eigenvalue weighted by atomic mass is 79.9. The minimum atomic E-state index is -0.00324. The summed E-state index contributed by atoms with van der Waals surface area (Å²) in [5.74, 6) is 0.792. The molecule has 4 heteroatoms. The van der Waals surface area contributed by atoms with Gasteiger partial charge in [-0.2, -0.15) is 0 Å². The molecule has 3 nitrogen and oxygen atoms in total. The molecule has 0 radical (unpaired) electrons. The summed E-state index contributed by atoms with van der Waals surface area (Å²) in [6.45, 7) is 2.49. The molecule has 0 heterocycles. The SMILES string of the molecule is COc1ccccc1CN(C)C(=O)c1ccc(Br)c(C)c1. The first-order valence-electron chi connectivity index (χ1n) is 6.66. The molecule has 0 aliphatic rings. The van der Waals surface area contributed by atoms with E-state index in [2.05, 4.69) is 15.9 Å². The van der Waals surface area contributed by atoms with Crippen LogP contribution in [0.2, 0.25) is 0 Å². The maximum absolute atomic E-state index is 12.5. The zero-order valence-electron chi connectivity index (χ0n) is 12.4. The van der Waals surface area contributed by atoms with Gasteiger partial charge in [0.25, 0.3) is 5.91 Å². The maximum atomic E-state index is 12.5. The van der Waals surface area contributed by atoms with Crippen molar-refractivity contribution >= 4 is 21.8 Å². The van der Waals surface area contributed by atoms with Gasteiger partial charge in [-0.05, 0) is 36.8 Å². The Kier molecular flexibility index (Phi) is 5.02. The number of carbonyl (C=O) groups is 1. The molecule has 110 valence electrons. The Morgan fingerprint density at radius 1 is 1.24 bits per heavy atom. The van der Waals surface area contributed by atoms with Crippen molar-refractivity contribution < 1.29 is 9.53 Å². The summed E-state index contributed by atoms with van der Waals surface area (Å²) in [5, 5.41) is 0. The van der Waals surface area contributed by atoms with E-state index in [0.717, 1.165) is 21.3 Å². The number of aryl methyl sites for hydroxylation is 1. The molecule has 0 fully saturated rings. The minimum Gasteiger partial charge on any atom is -0.496 e. The quantitative estimate of drug-likeness (QED) is 0.835. The smallest absolute Gasteiger partial charge is 0.253 e. The summed E-state index contributed by atoms with van der Waals surface area (Å²) >= 11 is 3.45. The summed E-state index contributed by atoms with van der Waals surface area (Å²) in [5.41, 5.74) is 2.73. The average molecular weight is 348 g/mol. The monoisotopic (exact) mass is 347 g/mol. The number of hydrogen-bond acceptors (Lipinski definition) is 2. The Labute approximate surface area is 133 Å². The van der Waals surface area contributed by atoms with E-state index in [1.807, 2.05) is 49.4 Å². The number of hydrogen-bond donors (Lipinski definition) is 0. The first-order valence-corrected chi connectivity index (χ1v) is 7.45. The molecule has 0 saturated carbocycles. The Balaban J connectivity index is 2.17. The second-order valence-electron chi connectivity index (χ2n) is 4.94. The van der Waals surface area contributed by atoms with Gasteiger partial charge in [0, 0.05) is 29.2 Å². The number of benzene rings is 2.